The van der Waals surface area contributed by atoms with Gasteiger partial charge in [-0.05, 0) is 30.4 Å². The number of fused-ring (bicyclic) bond motifs is 2. The van der Waals surface area contributed by atoms with E-state index in [2.05, 4.69) is 5.32 Å². The maximum atomic E-state index is 14.6. The molecule has 4 aliphatic rings. The highest BCUT2D eigenvalue weighted by Gasteiger charge is 2.71. The van der Waals surface area contributed by atoms with Crippen molar-refractivity contribution in [1.29, 1.82) is 0 Å². The van der Waals surface area contributed by atoms with Crippen LogP contribution >= 0.6 is 0 Å². The molecule has 4 heterocycles. The number of rotatable bonds is 9. The molecule has 7 atom stereocenters. The molecule has 2 saturated heterocycles. The highest BCUT2D eigenvalue weighted by Crippen LogP contribution is 2.53. The quantitative estimate of drug-likeness (QED) is 0.239. The van der Waals surface area contributed by atoms with Gasteiger partial charge in [0.25, 0.3) is 0 Å². The summed E-state index contributed by atoms with van der Waals surface area (Å²) < 4.78 is 18.5. The molecule has 11 nitrogen and oxygen atoms in total. The third-order valence-corrected chi connectivity index (χ3v) is 9.67. The Kier molecular flexibility index (Phi) is 10.4. The number of nitrogens with zero attached hydrogens (tertiary/aromatic N) is 2. The molecule has 3 amide bonds. The maximum absolute atomic E-state index is 14.6. The summed E-state index contributed by atoms with van der Waals surface area (Å²) in [5.74, 6) is -3.61. The van der Waals surface area contributed by atoms with Gasteiger partial charge in [-0.3, -0.25) is 19.2 Å². The van der Waals surface area contributed by atoms with Crippen LogP contribution in [0.3, 0.4) is 0 Å². The molecule has 2 N–H and O–H groups in total. The molecule has 2 aromatic rings. The molecule has 0 saturated carbocycles. The standard InChI is InChI=1S/C37H43N3O8/c1-46-24-27-32(26-15-6-3-7-16-26)47-36(45)30-28(17-8-9-18-29(42)38-27)48-37-19-12-20-39(23-25-13-4-2-5-14-25)35(44)33(37)40(21-10-11-22-41)34(43)31(30)37/h2-8,12-17,19,27-28,30-33,41H,9-11,18,20-24H2,1H3,(H,38,42)/b17-8-/t27-,28-,30+,31+,32-,33-,37+/m0/s1. The summed E-state index contributed by atoms with van der Waals surface area (Å²) in [5.41, 5.74) is 0.178. The van der Waals surface area contributed by atoms with Gasteiger partial charge in [-0.2, -0.15) is 0 Å². The number of methoxy groups -OCH3 is 1. The first-order chi connectivity index (χ1) is 23.4. The first-order valence-corrected chi connectivity index (χ1v) is 16.7. The lowest BCUT2D eigenvalue weighted by atomic mass is 9.77. The fraction of sp³-hybridized carbons (Fsp3) is 0.459. The predicted molar refractivity (Wildman–Crippen MR) is 175 cm³/mol. The lowest BCUT2D eigenvalue weighted by Gasteiger charge is -2.35. The highest BCUT2D eigenvalue weighted by molar-refractivity contribution is 5.99. The van der Waals surface area contributed by atoms with Crippen LogP contribution in [0.5, 0.6) is 0 Å². The number of ether oxygens (including phenoxy) is 3. The zero-order chi connectivity index (χ0) is 33.7. The summed E-state index contributed by atoms with van der Waals surface area (Å²) in [6.45, 7) is 0.906. The number of carbonyl (C=O) groups excluding carboxylic acids is 4. The molecular weight excluding hydrogens is 614 g/mol. The monoisotopic (exact) mass is 657 g/mol. The number of unbranched alkanes of at least 4 members (excludes halogenated alkanes) is 1. The van der Waals surface area contributed by atoms with Gasteiger partial charge in [-0.25, -0.2) is 0 Å². The van der Waals surface area contributed by atoms with Gasteiger partial charge in [0.1, 0.15) is 23.7 Å². The van der Waals surface area contributed by atoms with E-state index in [1.807, 2.05) is 66.7 Å². The number of cyclic esters (lactones) is 1. The largest absolute Gasteiger partial charge is 0.455 e. The minimum Gasteiger partial charge on any atom is -0.455 e. The van der Waals surface area contributed by atoms with E-state index in [0.717, 1.165) is 5.56 Å². The number of esters is 1. The fourth-order valence-electron chi connectivity index (χ4n) is 7.52. The fourth-order valence-corrected chi connectivity index (χ4v) is 7.52. The van der Waals surface area contributed by atoms with Crippen LogP contribution < -0.4 is 5.32 Å². The number of aliphatic hydroxyl groups is 1. The minimum absolute atomic E-state index is 0.0480. The second-order valence-electron chi connectivity index (χ2n) is 12.8. The maximum Gasteiger partial charge on any atom is 0.313 e. The second kappa shape index (κ2) is 14.8. The van der Waals surface area contributed by atoms with E-state index in [9.17, 15) is 24.3 Å². The molecule has 48 heavy (non-hydrogen) atoms. The summed E-state index contributed by atoms with van der Waals surface area (Å²) >= 11 is 0. The Labute approximate surface area is 280 Å². The van der Waals surface area contributed by atoms with Crippen LogP contribution in [-0.4, -0.2) is 95.8 Å². The molecule has 0 bridgehead atoms. The van der Waals surface area contributed by atoms with E-state index in [1.54, 1.807) is 28.0 Å². The van der Waals surface area contributed by atoms with E-state index in [-0.39, 0.29) is 43.9 Å². The molecule has 6 rings (SSSR count). The van der Waals surface area contributed by atoms with Gasteiger partial charge in [-0.1, -0.05) is 85.0 Å². The molecule has 254 valence electrons. The summed E-state index contributed by atoms with van der Waals surface area (Å²) in [4.78, 5) is 59.8. The Morgan fingerprint density at radius 1 is 0.979 bits per heavy atom. The Morgan fingerprint density at radius 2 is 1.73 bits per heavy atom. The molecule has 1 spiro atoms. The van der Waals surface area contributed by atoms with E-state index >= 15 is 0 Å². The SMILES string of the molecule is COC[C@@H]1NC(=O)CC/C=C\[C@@H]2O[C@@]34C=CCN(Cc5ccccc5)C(=O)[C@@H]3N(CCCCO)C(=O)[C@H]4[C@@H]2C(=O)O[C@H]1c1ccccc1. The number of allylic oxidation sites excluding steroid dienone is 1. The first-order valence-electron chi connectivity index (χ1n) is 16.7. The number of hydrogen-bond acceptors (Lipinski definition) is 8. The number of hydrogen-bond donors (Lipinski definition) is 2. The molecule has 0 aromatic heterocycles. The number of benzene rings is 2. The first kappa shape index (κ1) is 33.6. The Balaban J connectivity index is 1.41. The molecule has 2 aromatic carbocycles. The molecule has 0 radical (unpaired) electrons. The average Bonchev–Trinajstić information content (AvgIpc) is 3.48. The number of likely N-dealkylation sites (tertiary alicyclic amines) is 1. The van der Waals surface area contributed by atoms with E-state index in [0.29, 0.717) is 37.9 Å². The van der Waals surface area contributed by atoms with E-state index in [1.165, 1.54) is 7.11 Å². The minimum atomic E-state index is -1.43. The zero-order valence-corrected chi connectivity index (χ0v) is 27.1. The topological polar surface area (TPSA) is 135 Å². The highest BCUT2D eigenvalue weighted by atomic mass is 16.6. The van der Waals surface area contributed by atoms with Crippen molar-refractivity contribution in [2.45, 2.75) is 62.1 Å². The van der Waals surface area contributed by atoms with Crippen molar-refractivity contribution in [1.82, 2.24) is 15.1 Å². The van der Waals surface area contributed by atoms with Crippen LogP contribution in [0, 0.1) is 11.8 Å². The Morgan fingerprint density at radius 3 is 2.46 bits per heavy atom. The predicted octanol–water partition coefficient (Wildman–Crippen LogP) is 2.70. The smallest absolute Gasteiger partial charge is 0.313 e. The van der Waals surface area contributed by atoms with Crippen LogP contribution in [0.15, 0.2) is 85.0 Å². The van der Waals surface area contributed by atoms with Gasteiger partial charge < -0.3 is 34.4 Å². The number of aliphatic hydroxyl groups excluding tert-OH is 1. The third-order valence-electron chi connectivity index (χ3n) is 9.67. The number of amides is 3. The van der Waals surface area contributed by atoms with Gasteiger partial charge in [-0.15, -0.1) is 0 Å². The molecule has 0 aliphatic carbocycles. The van der Waals surface area contributed by atoms with Crippen LogP contribution in [-0.2, 0) is 39.9 Å². The molecule has 11 heteroatoms. The van der Waals surface area contributed by atoms with Gasteiger partial charge in [0, 0.05) is 39.8 Å². The molecule has 4 aliphatic heterocycles. The summed E-state index contributed by atoms with van der Waals surface area (Å²) in [5, 5.41) is 12.5. The average molecular weight is 658 g/mol. The van der Waals surface area contributed by atoms with E-state index < -0.39 is 47.7 Å². The van der Waals surface area contributed by atoms with Crippen LogP contribution in [0.25, 0.3) is 0 Å². The van der Waals surface area contributed by atoms with Crippen LogP contribution in [0.2, 0.25) is 0 Å². The van der Waals surface area contributed by atoms with Crippen LogP contribution in [0.4, 0.5) is 0 Å². The lowest BCUT2D eigenvalue weighted by molar-refractivity contribution is -0.162. The summed E-state index contributed by atoms with van der Waals surface area (Å²) in [6, 6.07) is 17.1. The normalized spacial score (nSPS) is 31.1. The number of carbonyl (C=O) groups is 4. The van der Waals surface area contributed by atoms with Crippen molar-refractivity contribution in [2.75, 3.05) is 33.4 Å². The number of nitrogens with one attached hydrogen (secondary N) is 1. The van der Waals surface area contributed by atoms with Crippen molar-refractivity contribution in [3.63, 3.8) is 0 Å². The summed E-state index contributed by atoms with van der Waals surface area (Å²) in [7, 11) is 1.51. The van der Waals surface area contributed by atoms with Gasteiger partial charge in [0.05, 0.1) is 24.7 Å². The van der Waals surface area contributed by atoms with Crippen molar-refractivity contribution >= 4 is 23.7 Å². The van der Waals surface area contributed by atoms with E-state index in [4.69, 9.17) is 14.2 Å². The Bertz CT molecular complexity index is 1530. The lowest BCUT2D eigenvalue weighted by Crippen LogP contribution is -2.55. The molecular formula is C37H43N3O8. The Hall–Kier alpha value is -4.32. The van der Waals surface area contributed by atoms with Gasteiger partial charge in [0.2, 0.25) is 17.7 Å². The summed E-state index contributed by atoms with van der Waals surface area (Å²) in [6.07, 6.45) is 6.86. The second-order valence-corrected chi connectivity index (χ2v) is 12.8. The molecule has 2 fully saturated rings. The third kappa shape index (κ3) is 6.54. The van der Waals surface area contributed by atoms with Crippen molar-refractivity contribution in [3.8, 4) is 0 Å². The van der Waals surface area contributed by atoms with Gasteiger partial charge >= 0.3 is 5.97 Å². The molecule has 0 unspecified atom stereocenters. The van der Waals surface area contributed by atoms with Gasteiger partial charge in [0.15, 0.2) is 0 Å². The zero-order valence-electron chi connectivity index (χ0n) is 27.1. The van der Waals surface area contributed by atoms with Crippen molar-refractivity contribution < 1.29 is 38.5 Å². The van der Waals surface area contributed by atoms with Crippen molar-refractivity contribution in [3.05, 3.63) is 96.1 Å². The van der Waals surface area contributed by atoms with Crippen LogP contribution in [0.1, 0.15) is 42.9 Å². The van der Waals surface area contributed by atoms with Crippen molar-refractivity contribution in [2.24, 2.45) is 11.8 Å².